The molecule has 0 aliphatic heterocycles. The Morgan fingerprint density at radius 2 is 1.74 bits per heavy atom. The summed E-state index contributed by atoms with van der Waals surface area (Å²) >= 11 is 0. The van der Waals surface area contributed by atoms with Gasteiger partial charge in [0.2, 0.25) is 0 Å². The Labute approximate surface area is 115 Å². The second-order valence-corrected chi connectivity index (χ2v) is 5.60. The molecule has 1 saturated carbocycles. The number of nitrogens with zero attached hydrogens (tertiary/aromatic N) is 2. The van der Waals surface area contributed by atoms with Gasteiger partial charge in [-0.25, -0.2) is 9.59 Å². The Balaban J connectivity index is 2.55. The molecule has 1 N–H and O–H groups in total. The van der Waals surface area contributed by atoms with Gasteiger partial charge in [0, 0.05) is 20.1 Å². The lowest BCUT2D eigenvalue weighted by Gasteiger charge is -2.37. The van der Waals surface area contributed by atoms with Crippen LogP contribution < -0.4 is 0 Å². The molecule has 0 radical (unpaired) electrons. The van der Waals surface area contributed by atoms with E-state index < -0.39 is 12.0 Å². The molecule has 19 heavy (non-hydrogen) atoms. The van der Waals surface area contributed by atoms with Gasteiger partial charge in [-0.2, -0.15) is 0 Å². The van der Waals surface area contributed by atoms with Gasteiger partial charge in [-0.15, -0.1) is 0 Å². The lowest BCUT2D eigenvalue weighted by molar-refractivity contribution is -0.141. The summed E-state index contributed by atoms with van der Waals surface area (Å²) in [5, 5.41) is 8.95. The van der Waals surface area contributed by atoms with Crippen molar-refractivity contribution in [3.05, 3.63) is 0 Å². The van der Waals surface area contributed by atoms with E-state index >= 15 is 0 Å². The quantitative estimate of drug-likeness (QED) is 0.853. The maximum Gasteiger partial charge on any atom is 0.326 e. The summed E-state index contributed by atoms with van der Waals surface area (Å²) in [7, 11) is 3.33. The number of hydrogen-bond acceptors (Lipinski definition) is 2. The highest BCUT2D eigenvalue weighted by Crippen LogP contribution is 2.29. The molecule has 5 nitrogen and oxygen atoms in total. The van der Waals surface area contributed by atoms with Crippen LogP contribution >= 0.6 is 0 Å². The first-order chi connectivity index (χ1) is 8.88. The van der Waals surface area contributed by atoms with E-state index in [1.54, 1.807) is 19.0 Å². The molecular weight excluding hydrogens is 244 g/mol. The fraction of sp³-hybridized carbons (Fsp3) is 0.857. The Kier molecular flexibility index (Phi) is 5.63. The SMILES string of the molecule is CCC1CCC(N(C)C(=O)N(C)C(C)C(=O)O)CC1. The Morgan fingerprint density at radius 1 is 1.21 bits per heavy atom. The van der Waals surface area contributed by atoms with Crippen molar-refractivity contribution in [2.45, 2.75) is 58.0 Å². The summed E-state index contributed by atoms with van der Waals surface area (Å²) in [6.07, 6.45) is 5.58. The smallest absolute Gasteiger partial charge is 0.326 e. The van der Waals surface area contributed by atoms with Crippen molar-refractivity contribution in [1.82, 2.24) is 9.80 Å². The minimum atomic E-state index is -0.973. The van der Waals surface area contributed by atoms with Crippen molar-refractivity contribution >= 4 is 12.0 Å². The molecule has 0 bridgehead atoms. The van der Waals surface area contributed by atoms with Gasteiger partial charge in [0.1, 0.15) is 6.04 Å². The monoisotopic (exact) mass is 270 g/mol. The van der Waals surface area contributed by atoms with Gasteiger partial charge < -0.3 is 14.9 Å². The fourth-order valence-corrected chi connectivity index (χ4v) is 2.68. The third kappa shape index (κ3) is 3.85. The lowest BCUT2D eigenvalue weighted by Crippen LogP contribution is -2.50. The molecule has 0 aromatic carbocycles. The minimum Gasteiger partial charge on any atom is -0.480 e. The van der Waals surface area contributed by atoms with E-state index in [4.69, 9.17) is 5.11 Å². The molecule has 0 saturated heterocycles. The molecule has 1 atom stereocenters. The highest BCUT2D eigenvalue weighted by atomic mass is 16.4. The summed E-state index contributed by atoms with van der Waals surface area (Å²) in [6, 6.07) is -0.740. The summed E-state index contributed by atoms with van der Waals surface area (Å²) in [5.74, 6) is -0.186. The number of likely N-dealkylation sites (N-methyl/N-ethyl adjacent to an activating group) is 1. The van der Waals surface area contributed by atoms with Crippen LogP contribution in [0.4, 0.5) is 4.79 Å². The number of carbonyl (C=O) groups is 2. The molecule has 0 heterocycles. The number of carbonyl (C=O) groups excluding carboxylic acids is 1. The number of rotatable bonds is 4. The van der Waals surface area contributed by atoms with Gasteiger partial charge in [-0.1, -0.05) is 13.3 Å². The van der Waals surface area contributed by atoms with Gasteiger partial charge in [-0.05, 0) is 38.5 Å². The van der Waals surface area contributed by atoms with Gasteiger partial charge in [0.25, 0.3) is 0 Å². The van der Waals surface area contributed by atoms with E-state index in [-0.39, 0.29) is 12.1 Å². The summed E-state index contributed by atoms with van der Waals surface area (Å²) in [4.78, 5) is 26.2. The topological polar surface area (TPSA) is 60.9 Å². The van der Waals surface area contributed by atoms with Crippen LogP contribution in [0.1, 0.15) is 46.0 Å². The van der Waals surface area contributed by atoms with E-state index in [1.165, 1.54) is 18.2 Å². The molecule has 1 rings (SSSR count). The molecule has 1 fully saturated rings. The van der Waals surface area contributed by atoms with Crippen LogP contribution in [-0.2, 0) is 4.79 Å². The van der Waals surface area contributed by atoms with Crippen molar-refractivity contribution in [3.63, 3.8) is 0 Å². The fourth-order valence-electron chi connectivity index (χ4n) is 2.68. The van der Waals surface area contributed by atoms with Crippen molar-refractivity contribution in [3.8, 4) is 0 Å². The molecule has 0 spiro atoms. The molecule has 110 valence electrons. The second-order valence-electron chi connectivity index (χ2n) is 5.60. The summed E-state index contributed by atoms with van der Waals surface area (Å²) in [6.45, 7) is 3.74. The van der Waals surface area contributed by atoms with Gasteiger partial charge in [0.15, 0.2) is 0 Å². The average Bonchev–Trinajstić information content (AvgIpc) is 2.44. The maximum absolute atomic E-state index is 12.2. The second kappa shape index (κ2) is 6.78. The first-order valence-electron chi connectivity index (χ1n) is 7.10. The van der Waals surface area contributed by atoms with E-state index in [9.17, 15) is 9.59 Å². The number of aliphatic carboxylic acids is 1. The van der Waals surface area contributed by atoms with Gasteiger partial charge >= 0.3 is 12.0 Å². The van der Waals surface area contributed by atoms with Crippen molar-refractivity contribution in [1.29, 1.82) is 0 Å². The molecule has 0 aromatic heterocycles. The molecular formula is C14H26N2O3. The first-order valence-corrected chi connectivity index (χ1v) is 7.10. The maximum atomic E-state index is 12.2. The Hall–Kier alpha value is -1.26. The highest BCUT2D eigenvalue weighted by molar-refractivity contribution is 5.82. The first kappa shape index (κ1) is 15.8. The zero-order valence-corrected chi connectivity index (χ0v) is 12.4. The predicted molar refractivity (Wildman–Crippen MR) is 74.1 cm³/mol. The zero-order chi connectivity index (χ0) is 14.6. The number of hydrogen-bond donors (Lipinski definition) is 1. The normalized spacial score (nSPS) is 24.6. The standard InChI is InChI=1S/C14H26N2O3/c1-5-11-6-8-12(9-7-11)16(4)14(19)15(3)10(2)13(17)18/h10-12H,5-9H2,1-4H3,(H,17,18). The van der Waals surface area contributed by atoms with Crippen LogP contribution in [0, 0.1) is 5.92 Å². The van der Waals surface area contributed by atoms with Crippen LogP contribution in [0.15, 0.2) is 0 Å². The number of urea groups is 1. The van der Waals surface area contributed by atoms with Gasteiger partial charge in [0.05, 0.1) is 0 Å². The van der Waals surface area contributed by atoms with Crippen LogP contribution in [0.3, 0.4) is 0 Å². The van der Waals surface area contributed by atoms with Crippen LogP contribution in [0.2, 0.25) is 0 Å². The number of amides is 2. The number of carboxylic acid groups (broad SMARTS) is 1. The van der Waals surface area contributed by atoms with Gasteiger partial charge in [-0.3, -0.25) is 0 Å². The van der Waals surface area contributed by atoms with Crippen LogP contribution in [0.25, 0.3) is 0 Å². The van der Waals surface area contributed by atoms with E-state index in [2.05, 4.69) is 6.92 Å². The van der Waals surface area contributed by atoms with Crippen molar-refractivity contribution in [2.24, 2.45) is 5.92 Å². The van der Waals surface area contributed by atoms with E-state index in [0.29, 0.717) is 0 Å². The summed E-state index contributed by atoms with van der Waals surface area (Å²) < 4.78 is 0. The third-order valence-electron chi connectivity index (χ3n) is 4.48. The van der Waals surface area contributed by atoms with Crippen LogP contribution in [0.5, 0.6) is 0 Å². The molecule has 5 heteroatoms. The Morgan fingerprint density at radius 3 is 2.16 bits per heavy atom. The predicted octanol–water partition coefficient (Wildman–Crippen LogP) is 2.41. The third-order valence-corrected chi connectivity index (χ3v) is 4.48. The molecule has 0 aromatic rings. The summed E-state index contributed by atoms with van der Waals surface area (Å²) in [5.41, 5.74) is 0. The van der Waals surface area contributed by atoms with E-state index in [1.807, 2.05) is 0 Å². The largest absolute Gasteiger partial charge is 0.480 e. The molecule has 1 aliphatic carbocycles. The molecule has 1 aliphatic rings. The molecule has 2 amide bonds. The van der Waals surface area contributed by atoms with E-state index in [0.717, 1.165) is 31.6 Å². The highest BCUT2D eigenvalue weighted by Gasteiger charge is 2.30. The van der Waals surface area contributed by atoms with Crippen molar-refractivity contribution < 1.29 is 14.7 Å². The lowest BCUT2D eigenvalue weighted by atomic mass is 9.84. The van der Waals surface area contributed by atoms with Crippen molar-refractivity contribution in [2.75, 3.05) is 14.1 Å². The Bertz CT molecular complexity index is 325. The van der Waals surface area contributed by atoms with Crippen LogP contribution in [-0.4, -0.2) is 53.1 Å². The average molecular weight is 270 g/mol. The zero-order valence-electron chi connectivity index (χ0n) is 12.4. The minimum absolute atomic E-state index is 0.199. The number of carboxylic acids is 1. The molecule has 1 unspecified atom stereocenters.